The lowest BCUT2D eigenvalue weighted by molar-refractivity contribution is -0.137. The van der Waals surface area contributed by atoms with Gasteiger partial charge in [-0.3, -0.25) is 4.79 Å². The summed E-state index contributed by atoms with van der Waals surface area (Å²) in [7, 11) is -0.826. The van der Waals surface area contributed by atoms with Gasteiger partial charge in [0, 0.05) is 52.0 Å². The van der Waals surface area contributed by atoms with Crippen LogP contribution in [0, 0.1) is 0 Å². The van der Waals surface area contributed by atoms with Gasteiger partial charge in [0.1, 0.15) is 5.82 Å². The second kappa shape index (κ2) is 8.23. The molecule has 0 spiro atoms. The fourth-order valence-corrected chi connectivity index (χ4v) is 4.01. The topological polar surface area (TPSA) is 73.8 Å². The smallest absolute Gasteiger partial charge is 0.353 e. The number of halogens is 3. The van der Waals surface area contributed by atoms with Gasteiger partial charge < -0.3 is 9.80 Å². The molecule has 1 aromatic carbocycles. The third-order valence-electron chi connectivity index (χ3n) is 4.83. The average molecular weight is 442 g/mol. The number of sulfonamides is 1. The van der Waals surface area contributed by atoms with Crippen molar-refractivity contribution in [3.8, 4) is 0 Å². The van der Waals surface area contributed by atoms with Crippen LogP contribution in [-0.2, 0) is 16.2 Å². The lowest BCUT2D eigenvalue weighted by Crippen LogP contribution is -2.49. The van der Waals surface area contributed by atoms with Crippen molar-refractivity contribution in [2.45, 2.75) is 11.1 Å². The summed E-state index contributed by atoms with van der Waals surface area (Å²) in [5, 5.41) is 0. The normalized spacial score (nSPS) is 15.5. The van der Waals surface area contributed by atoms with Crippen LogP contribution in [0.1, 0.15) is 15.9 Å². The monoisotopic (exact) mass is 442 g/mol. The quantitative estimate of drug-likeness (QED) is 0.727. The van der Waals surface area contributed by atoms with Crippen LogP contribution >= 0.6 is 0 Å². The molecule has 0 radical (unpaired) electrons. The van der Waals surface area contributed by atoms with Crippen molar-refractivity contribution in [2.75, 3.05) is 45.2 Å². The molecule has 2 aromatic rings. The molecule has 1 aliphatic heterocycles. The van der Waals surface area contributed by atoms with E-state index in [2.05, 4.69) is 4.98 Å². The molecule has 1 fully saturated rings. The van der Waals surface area contributed by atoms with Crippen LogP contribution in [0.5, 0.6) is 0 Å². The third kappa shape index (κ3) is 4.57. The SMILES string of the molecule is CN(C)S(=O)(=O)c1cccc(C(=O)N2CCN(c3ccc(C(F)(F)F)cn3)CC2)c1. The van der Waals surface area contributed by atoms with Gasteiger partial charge in [-0.25, -0.2) is 17.7 Å². The van der Waals surface area contributed by atoms with E-state index in [1.807, 2.05) is 0 Å². The maximum Gasteiger partial charge on any atom is 0.417 e. The highest BCUT2D eigenvalue weighted by molar-refractivity contribution is 7.89. The molecule has 3 rings (SSSR count). The standard InChI is InChI=1S/C19H21F3N4O3S/c1-24(2)30(28,29)16-5-3-4-14(12-16)18(27)26-10-8-25(9-11-26)17-7-6-15(13-23-17)19(20,21)22/h3-7,12-13H,8-11H2,1-2H3. The number of aromatic nitrogens is 1. The maximum absolute atomic E-state index is 12.8. The van der Waals surface area contributed by atoms with Crippen molar-refractivity contribution < 1.29 is 26.4 Å². The van der Waals surface area contributed by atoms with Crippen molar-refractivity contribution >= 4 is 21.7 Å². The molecular formula is C19H21F3N4O3S. The van der Waals surface area contributed by atoms with Crippen molar-refractivity contribution in [3.63, 3.8) is 0 Å². The van der Waals surface area contributed by atoms with Gasteiger partial charge in [-0.2, -0.15) is 13.2 Å². The molecule has 0 saturated carbocycles. The highest BCUT2D eigenvalue weighted by Crippen LogP contribution is 2.29. The number of rotatable bonds is 4. The Morgan fingerprint density at radius 1 is 1.07 bits per heavy atom. The highest BCUT2D eigenvalue weighted by atomic mass is 32.2. The number of carbonyl (C=O) groups is 1. The molecule has 0 unspecified atom stereocenters. The first kappa shape index (κ1) is 22.0. The molecular weight excluding hydrogens is 421 g/mol. The molecule has 11 heteroatoms. The lowest BCUT2D eigenvalue weighted by atomic mass is 10.2. The molecule has 0 atom stereocenters. The lowest BCUT2D eigenvalue weighted by Gasteiger charge is -2.35. The Bertz CT molecular complexity index is 1020. The Morgan fingerprint density at radius 2 is 1.73 bits per heavy atom. The summed E-state index contributed by atoms with van der Waals surface area (Å²) < 4.78 is 63.7. The van der Waals surface area contributed by atoms with Crippen LogP contribution in [-0.4, -0.2) is 68.8 Å². The molecule has 1 amide bonds. The molecule has 0 aliphatic carbocycles. The summed E-state index contributed by atoms with van der Waals surface area (Å²) in [4.78, 5) is 20.1. The van der Waals surface area contributed by atoms with Crippen molar-refractivity contribution in [1.82, 2.24) is 14.2 Å². The predicted octanol–water partition coefficient (Wildman–Crippen LogP) is 2.31. The number of nitrogens with zero attached hydrogens (tertiary/aromatic N) is 4. The van der Waals surface area contributed by atoms with E-state index in [4.69, 9.17) is 0 Å². The van der Waals surface area contributed by atoms with Crippen molar-refractivity contribution in [2.24, 2.45) is 0 Å². The number of alkyl halides is 3. The summed E-state index contributed by atoms with van der Waals surface area (Å²) in [6.07, 6.45) is -3.64. The van der Waals surface area contributed by atoms with Crippen LogP contribution in [0.15, 0.2) is 47.5 Å². The zero-order valence-corrected chi connectivity index (χ0v) is 17.2. The summed E-state index contributed by atoms with van der Waals surface area (Å²) in [5.74, 6) is 0.111. The van der Waals surface area contributed by atoms with Crippen LogP contribution in [0.4, 0.5) is 19.0 Å². The van der Waals surface area contributed by atoms with Gasteiger partial charge in [0.2, 0.25) is 10.0 Å². The fraction of sp³-hybridized carbons (Fsp3) is 0.368. The van der Waals surface area contributed by atoms with Crippen molar-refractivity contribution in [1.29, 1.82) is 0 Å². The second-order valence-corrected chi connectivity index (χ2v) is 9.15. The minimum Gasteiger partial charge on any atom is -0.353 e. The Morgan fingerprint density at radius 3 is 2.27 bits per heavy atom. The number of anilines is 1. The minimum atomic E-state index is -4.44. The van der Waals surface area contributed by atoms with E-state index in [0.717, 1.165) is 16.6 Å². The number of pyridine rings is 1. The molecule has 0 bridgehead atoms. The van der Waals surface area contributed by atoms with Gasteiger partial charge in [0.25, 0.3) is 5.91 Å². The highest BCUT2D eigenvalue weighted by Gasteiger charge is 2.31. The van der Waals surface area contributed by atoms with E-state index in [9.17, 15) is 26.4 Å². The van der Waals surface area contributed by atoms with E-state index in [1.54, 1.807) is 15.9 Å². The largest absolute Gasteiger partial charge is 0.417 e. The van der Waals surface area contributed by atoms with Gasteiger partial charge >= 0.3 is 6.18 Å². The van der Waals surface area contributed by atoms with E-state index in [0.29, 0.717) is 32.0 Å². The predicted molar refractivity (Wildman–Crippen MR) is 105 cm³/mol. The van der Waals surface area contributed by atoms with E-state index in [-0.39, 0.29) is 16.4 Å². The van der Waals surface area contributed by atoms with Gasteiger partial charge in [0.15, 0.2) is 0 Å². The van der Waals surface area contributed by atoms with Gasteiger partial charge in [-0.1, -0.05) is 6.07 Å². The molecule has 1 aromatic heterocycles. The van der Waals surface area contributed by atoms with E-state index < -0.39 is 21.8 Å². The van der Waals surface area contributed by atoms with Gasteiger partial charge in [-0.15, -0.1) is 0 Å². The molecule has 7 nitrogen and oxygen atoms in total. The number of piperazine rings is 1. The number of carbonyl (C=O) groups excluding carboxylic acids is 1. The number of hydrogen-bond acceptors (Lipinski definition) is 5. The van der Waals surface area contributed by atoms with Crippen LogP contribution < -0.4 is 4.90 Å². The summed E-state index contributed by atoms with van der Waals surface area (Å²) >= 11 is 0. The first-order valence-corrected chi connectivity index (χ1v) is 10.5. The molecule has 0 N–H and O–H groups in total. The van der Waals surface area contributed by atoms with Crippen molar-refractivity contribution in [3.05, 3.63) is 53.7 Å². The first-order valence-electron chi connectivity index (χ1n) is 9.10. The number of amides is 1. The molecule has 1 saturated heterocycles. The van der Waals surface area contributed by atoms with Gasteiger partial charge in [-0.05, 0) is 30.3 Å². The molecule has 2 heterocycles. The molecule has 162 valence electrons. The maximum atomic E-state index is 12.8. The number of benzene rings is 1. The third-order valence-corrected chi connectivity index (χ3v) is 6.64. The summed E-state index contributed by atoms with van der Waals surface area (Å²) in [5.41, 5.74) is -0.549. The summed E-state index contributed by atoms with van der Waals surface area (Å²) in [6.45, 7) is 1.48. The fourth-order valence-electron chi connectivity index (χ4n) is 3.06. The Balaban J connectivity index is 1.67. The first-order chi connectivity index (χ1) is 14.0. The summed E-state index contributed by atoms with van der Waals surface area (Å²) in [6, 6.07) is 8.15. The Kier molecular flexibility index (Phi) is 6.04. The minimum absolute atomic E-state index is 0.0333. The van der Waals surface area contributed by atoms with Crippen LogP contribution in [0.25, 0.3) is 0 Å². The Labute approximate surface area is 172 Å². The molecule has 1 aliphatic rings. The zero-order chi connectivity index (χ0) is 22.1. The van der Waals surface area contributed by atoms with Crippen LogP contribution in [0.3, 0.4) is 0 Å². The molecule has 30 heavy (non-hydrogen) atoms. The number of hydrogen-bond donors (Lipinski definition) is 0. The zero-order valence-electron chi connectivity index (χ0n) is 16.4. The van der Waals surface area contributed by atoms with E-state index >= 15 is 0 Å². The van der Waals surface area contributed by atoms with Gasteiger partial charge in [0.05, 0.1) is 10.5 Å². The van der Waals surface area contributed by atoms with E-state index in [1.165, 1.54) is 38.4 Å². The second-order valence-electron chi connectivity index (χ2n) is 7.00. The van der Waals surface area contributed by atoms with Crippen LogP contribution in [0.2, 0.25) is 0 Å². The Hall–Kier alpha value is -2.66. The average Bonchev–Trinajstić information content (AvgIpc) is 2.73.